The lowest BCUT2D eigenvalue weighted by Crippen LogP contribution is -2.24. The smallest absolute Gasteiger partial charge is 0.287 e. The maximum absolute atomic E-state index is 12.9. The van der Waals surface area contributed by atoms with Crippen molar-refractivity contribution >= 4 is 39.7 Å². The number of nitrogens with two attached hydrogens (primary N) is 1. The number of nitrogen functional groups attached to an aromatic ring is 1. The van der Waals surface area contributed by atoms with Gasteiger partial charge in [-0.15, -0.1) is 0 Å². The number of hydrogen-bond acceptors (Lipinski definition) is 7. The van der Waals surface area contributed by atoms with Gasteiger partial charge in [0.2, 0.25) is 5.95 Å². The second-order valence-electron chi connectivity index (χ2n) is 6.03. The van der Waals surface area contributed by atoms with Crippen LogP contribution in [-0.2, 0) is 4.74 Å². The zero-order chi connectivity index (χ0) is 18.4. The van der Waals surface area contributed by atoms with Gasteiger partial charge in [-0.3, -0.25) is 9.36 Å². The number of hydrogen-bond donors (Lipinski definition) is 3. The van der Waals surface area contributed by atoms with Gasteiger partial charge in [-0.2, -0.15) is 4.98 Å². The molecule has 1 aromatic carbocycles. The Balaban J connectivity index is 1.81. The molecule has 1 aliphatic rings. The van der Waals surface area contributed by atoms with Gasteiger partial charge in [0.15, 0.2) is 11.2 Å². The summed E-state index contributed by atoms with van der Waals surface area (Å²) in [7, 11) is 0. The third kappa shape index (κ3) is 2.78. The summed E-state index contributed by atoms with van der Waals surface area (Å²) in [6.45, 7) is -0.292. The second-order valence-corrected chi connectivity index (χ2v) is 7.27. The molecular weight excluding hydrogens is 453 g/mol. The van der Waals surface area contributed by atoms with Gasteiger partial charge in [0.25, 0.3) is 5.56 Å². The van der Waals surface area contributed by atoms with Gasteiger partial charge in [0, 0.05) is 9.99 Å². The number of aliphatic hydroxyl groups is 2. The van der Waals surface area contributed by atoms with Crippen molar-refractivity contribution in [2.45, 2.75) is 24.9 Å². The molecule has 9 nitrogen and oxygen atoms in total. The van der Waals surface area contributed by atoms with Crippen LogP contribution in [0.4, 0.5) is 5.95 Å². The Morgan fingerprint density at radius 1 is 1.35 bits per heavy atom. The van der Waals surface area contributed by atoms with Crippen molar-refractivity contribution in [1.29, 1.82) is 0 Å². The number of imidazole rings is 1. The van der Waals surface area contributed by atoms with E-state index in [1.807, 2.05) is 12.1 Å². The van der Waals surface area contributed by atoms with E-state index in [0.717, 1.165) is 3.57 Å². The highest BCUT2D eigenvalue weighted by Gasteiger charge is 2.35. The number of halogens is 1. The van der Waals surface area contributed by atoms with Crippen molar-refractivity contribution in [3.8, 4) is 5.69 Å². The largest absolute Gasteiger partial charge is 0.394 e. The highest BCUT2D eigenvalue weighted by molar-refractivity contribution is 14.1. The van der Waals surface area contributed by atoms with E-state index in [0.29, 0.717) is 5.69 Å². The van der Waals surface area contributed by atoms with Gasteiger partial charge in [0.05, 0.1) is 24.7 Å². The normalized spacial score (nSPS) is 23.0. The Morgan fingerprint density at radius 2 is 2.08 bits per heavy atom. The standard InChI is InChI=1S/C16H16IN5O4/c17-8-1-3-9(4-2-8)22-15(25)13-14(20-16(22)18)21(7-19-13)12-5-10(24)11(6-23)26-12/h1-4,7,10-12,23-24H,5-6H2,(H2,18,20)/t10-,11+,12+/m0/s1. The van der Waals surface area contributed by atoms with E-state index in [1.54, 1.807) is 16.7 Å². The monoisotopic (exact) mass is 469 g/mol. The van der Waals surface area contributed by atoms with Crippen LogP contribution in [-0.4, -0.2) is 48.1 Å². The van der Waals surface area contributed by atoms with Crippen LogP contribution in [0.3, 0.4) is 0 Å². The predicted octanol–water partition coefficient (Wildman–Crippen LogP) is 0.410. The maximum Gasteiger partial charge on any atom is 0.287 e. The van der Waals surface area contributed by atoms with Gasteiger partial charge in [0.1, 0.15) is 12.3 Å². The minimum atomic E-state index is -0.799. The molecule has 26 heavy (non-hydrogen) atoms. The first-order chi connectivity index (χ1) is 12.5. The van der Waals surface area contributed by atoms with Gasteiger partial charge in [-0.25, -0.2) is 9.55 Å². The molecule has 3 atom stereocenters. The molecule has 0 aliphatic carbocycles. The second kappa shape index (κ2) is 6.61. The Labute approximate surface area is 161 Å². The first-order valence-corrected chi connectivity index (χ1v) is 9.03. The van der Waals surface area contributed by atoms with E-state index < -0.39 is 18.4 Å². The fourth-order valence-corrected chi connectivity index (χ4v) is 3.44. The Bertz CT molecular complexity index is 1020. The average molecular weight is 469 g/mol. The molecule has 0 saturated carbocycles. The fourth-order valence-electron chi connectivity index (χ4n) is 3.09. The zero-order valence-electron chi connectivity index (χ0n) is 13.5. The third-order valence-electron chi connectivity index (χ3n) is 4.40. The van der Waals surface area contributed by atoms with E-state index in [4.69, 9.17) is 10.5 Å². The molecule has 0 unspecified atom stereocenters. The SMILES string of the molecule is Nc1nc2c(ncn2[C@H]2C[C@H](O)[C@@H](CO)O2)c(=O)n1-c1ccc(I)cc1. The summed E-state index contributed by atoms with van der Waals surface area (Å²) in [6, 6.07) is 7.30. The number of nitrogens with zero attached hydrogens (tertiary/aromatic N) is 4. The molecule has 136 valence electrons. The van der Waals surface area contributed by atoms with Gasteiger partial charge in [-0.1, -0.05) is 0 Å². The molecule has 0 spiro atoms. The van der Waals surface area contributed by atoms with Crippen LogP contribution in [0, 0.1) is 3.57 Å². The summed E-state index contributed by atoms with van der Waals surface area (Å²) in [6.07, 6.45) is -0.353. The van der Waals surface area contributed by atoms with Crippen molar-refractivity contribution in [2.75, 3.05) is 12.3 Å². The molecule has 1 fully saturated rings. The van der Waals surface area contributed by atoms with Crippen LogP contribution in [0.25, 0.3) is 16.9 Å². The predicted molar refractivity (Wildman–Crippen MR) is 102 cm³/mol. The molecule has 4 rings (SSSR count). The minimum Gasteiger partial charge on any atom is -0.394 e. The highest BCUT2D eigenvalue weighted by Crippen LogP contribution is 2.30. The van der Waals surface area contributed by atoms with Crippen molar-refractivity contribution in [2.24, 2.45) is 0 Å². The van der Waals surface area contributed by atoms with Crippen LogP contribution >= 0.6 is 22.6 Å². The topological polar surface area (TPSA) is 128 Å². The fraction of sp³-hybridized carbons (Fsp3) is 0.312. The molecule has 10 heteroatoms. The number of fused-ring (bicyclic) bond motifs is 1. The number of rotatable bonds is 3. The molecule has 3 heterocycles. The van der Waals surface area contributed by atoms with Crippen molar-refractivity contribution in [1.82, 2.24) is 19.1 Å². The first-order valence-electron chi connectivity index (χ1n) is 7.95. The van der Waals surface area contributed by atoms with E-state index in [2.05, 4.69) is 32.6 Å². The molecule has 0 bridgehead atoms. The number of ether oxygens (including phenoxy) is 1. The molecule has 0 amide bonds. The van der Waals surface area contributed by atoms with Crippen molar-refractivity contribution < 1.29 is 14.9 Å². The summed E-state index contributed by atoms with van der Waals surface area (Å²) < 4.78 is 9.51. The summed E-state index contributed by atoms with van der Waals surface area (Å²) in [5.74, 6) is 0.0303. The first kappa shape index (κ1) is 17.4. The average Bonchev–Trinajstić information content (AvgIpc) is 3.19. The number of aromatic nitrogens is 4. The summed E-state index contributed by atoms with van der Waals surface area (Å²) in [5, 5.41) is 19.2. The Kier molecular flexibility index (Phi) is 4.42. The van der Waals surface area contributed by atoms with Crippen LogP contribution < -0.4 is 11.3 Å². The minimum absolute atomic E-state index is 0.0303. The number of benzene rings is 1. The van der Waals surface area contributed by atoms with E-state index >= 15 is 0 Å². The molecule has 4 N–H and O–H groups in total. The van der Waals surface area contributed by atoms with Crippen LogP contribution in [0.2, 0.25) is 0 Å². The molecule has 1 saturated heterocycles. The molecule has 0 radical (unpaired) electrons. The zero-order valence-corrected chi connectivity index (χ0v) is 15.6. The molecule has 3 aromatic rings. The van der Waals surface area contributed by atoms with Crippen molar-refractivity contribution in [3.63, 3.8) is 0 Å². The Morgan fingerprint density at radius 3 is 2.73 bits per heavy atom. The summed E-state index contributed by atoms with van der Waals surface area (Å²) in [4.78, 5) is 21.4. The summed E-state index contributed by atoms with van der Waals surface area (Å²) in [5.41, 5.74) is 6.70. The Hall–Kier alpha value is -2.02. The van der Waals surface area contributed by atoms with Gasteiger partial charge >= 0.3 is 0 Å². The molecular formula is C16H16IN5O4. The number of anilines is 1. The molecule has 1 aliphatic heterocycles. The third-order valence-corrected chi connectivity index (χ3v) is 5.12. The quantitative estimate of drug-likeness (QED) is 0.474. The number of aliphatic hydroxyl groups excluding tert-OH is 2. The van der Waals surface area contributed by atoms with Crippen molar-refractivity contribution in [3.05, 3.63) is 44.5 Å². The van der Waals surface area contributed by atoms with E-state index in [-0.39, 0.29) is 35.7 Å². The lowest BCUT2D eigenvalue weighted by atomic mass is 10.2. The van der Waals surface area contributed by atoms with E-state index in [9.17, 15) is 15.0 Å². The summed E-state index contributed by atoms with van der Waals surface area (Å²) >= 11 is 2.18. The van der Waals surface area contributed by atoms with Crippen LogP contribution in [0.5, 0.6) is 0 Å². The van der Waals surface area contributed by atoms with E-state index in [1.165, 1.54) is 10.9 Å². The van der Waals surface area contributed by atoms with Crippen LogP contribution in [0.15, 0.2) is 35.4 Å². The molecule has 2 aromatic heterocycles. The maximum atomic E-state index is 12.9. The van der Waals surface area contributed by atoms with Gasteiger partial charge < -0.3 is 20.7 Å². The lowest BCUT2D eigenvalue weighted by molar-refractivity contribution is -0.0432. The highest BCUT2D eigenvalue weighted by atomic mass is 127. The lowest BCUT2D eigenvalue weighted by Gasteiger charge is -2.14. The van der Waals surface area contributed by atoms with Gasteiger partial charge in [-0.05, 0) is 46.9 Å². The van der Waals surface area contributed by atoms with Crippen LogP contribution in [0.1, 0.15) is 12.6 Å².